The van der Waals surface area contributed by atoms with Gasteiger partial charge in [0.05, 0.1) is 16.7 Å². The first-order chi connectivity index (χ1) is 9.00. The average molecular weight is 258 g/mol. The first-order valence-electron chi connectivity index (χ1n) is 5.86. The highest BCUT2D eigenvalue weighted by Gasteiger charge is 2.20. The van der Waals surface area contributed by atoms with Gasteiger partial charge in [-0.1, -0.05) is 30.3 Å². The number of rotatable bonds is 3. The van der Waals surface area contributed by atoms with Crippen LogP contribution < -0.4 is 0 Å². The largest absolute Gasteiger partial charge is 0.349 e. The monoisotopic (exact) mass is 258 g/mol. The summed E-state index contributed by atoms with van der Waals surface area (Å²) in [6, 6.07) is 10.6. The summed E-state index contributed by atoms with van der Waals surface area (Å²) < 4.78 is 0. The zero-order valence-electron chi connectivity index (χ0n) is 10.8. The maximum atomic E-state index is 11.7. The van der Waals surface area contributed by atoms with Crippen LogP contribution in [-0.2, 0) is 11.2 Å². The summed E-state index contributed by atoms with van der Waals surface area (Å²) in [5.41, 5.74) is 0.468. The SMILES string of the molecule is CN(C)C(=O)Cc1ccc2ccccc2c1[N+](=O)[O-]. The molecule has 0 spiro atoms. The molecule has 2 rings (SSSR count). The molecule has 0 radical (unpaired) electrons. The summed E-state index contributed by atoms with van der Waals surface area (Å²) in [4.78, 5) is 24.0. The van der Waals surface area contributed by atoms with Crippen molar-refractivity contribution in [3.63, 3.8) is 0 Å². The summed E-state index contributed by atoms with van der Waals surface area (Å²) in [5.74, 6) is -0.154. The smallest absolute Gasteiger partial charge is 0.280 e. The number of carbonyl (C=O) groups excluding carboxylic acids is 1. The molecule has 5 heteroatoms. The maximum absolute atomic E-state index is 11.7. The van der Waals surface area contributed by atoms with Crippen LogP contribution in [0.4, 0.5) is 5.69 Å². The molecule has 0 saturated heterocycles. The quantitative estimate of drug-likeness (QED) is 0.627. The summed E-state index contributed by atoms with van der Waals surface area (Å²) >= 11 is 0. The van der Waals surface area contributed by atoms with E-state index in [1.165, 1.54) is 4.90 Å². The number of nitro benzene ring substituents is 1. The molecule has 5 nitrogen and oxygen atoms in total. The highest BCUT2D eigenvalue weighted by Crippen LogP contribution is 2.29. The van der Waals surface area contributed by atoms with Crippen LogP contribution in [0.15, 0.2) is 36.4 Å². The van der Waals surface area contributed by atoms with E-state index < -0.39 is 4.92 Å². The molecule has 0 N–H and O–H groups in total. The third-order valence-corrected chi connectivity index (χ3v) is 3.01. The van der Waals surface area contributed by atoms with E-state index in [2.05, 4.69) is 0 Å². The van der Waals surface area contributed by atoms with Gasteiger partial charge in [0.15, 0.2) is 0 Å². The molecule has 0 fully saturated rings. The van der Waals surface area contributed by atoms with Crippen molar-refractivity contribution < 1.29 is 9.72 Å². The average Bonchev–Trinajstić information content (AvgIpc) is 2.37. The summed E-state index contributed by atoms with van der Waals surface area (Å²) in [5, 5.41) is 12.6. The van der Waals surface area contributed by atoms with Gasteiger partial charge >= 0.3 is 0 Å². The van der Waals surface area contributed by atoms with E-state index in [1.807, 2.05) is 12.1 Å². The van der Waals surface area contributed by atoms with E-state index in [9.17, 15) is 14.9 Å². The Bertz CT molecular complexity index is 650. The molecule has 98 valence electrons. The minimum Gasteiger partial charge on any atom is -0.349 e. The Morgan fingerprint density at radius 3 is 2.53 bits per heavy atom. The Morgan fingerprint density at radius 1 is 1.21 bits per heavy atom. The highest BCUT2D eigenvalue weighted by atomic mass is 16.6. The fourth-order valence-corrected chi connectivity index (χ4v) is 1.98. The fraction of sp³-hybridized carbons (Fsp3) is 0.214. The minimum absolute atomic E-state index is 0.0216. The van der Waals surface area contributed by atoms with Gasteiger partial charge in [-0.15, -0.1) is 0 Å². The molecular weight excluding hydrogens is 244 g/mol. The van der Waals surface area contributed by atoms with Crippen molar-refractivity contribution in [3.05, 3.63) is 52.1 Å². The van der Waals surface area contributed by atoms with Gasteiger partial charge < -0.3 is 4.90 Å². The second-order valence-electron chi connectivity index (χ2n) is 4.52. The van der Waals surface area contributed by atoms with Crippen LogP contribution in [0.1, 0.15) is 5.56 Å². The molecule has 0 unspecified atom stereocenters. The Morgan fingerprint density at radius 2 is 1.89 bits per heavy atom. The number of nitrogens with zero attached hydrogens (tertiary/aromatic N) is 2. The topological polar surface area (TPSA) is 63.5 Å². The van der Waals surface area contributed by atoms with Crippen molar-refractivity contribution in [2.75, 3.05) is 14.1 Å². The number of nitro groups is 1. The molecule has 0 saturated carbocycles. The number of hydrogen-bond acceptors (Lipinski definition) is 3. The molecule has 0 heterocycles. The number of amides is 1. The van der Waals surface area contributed by atoms with E-state index in [4.69, 9.17) is 0 Å². The van der Waals surface area contributed by atoms with Gasteiger partial charge in [-0.25, -0.2) is 0 Å². The lowest BCUT2D eigenvalue weighted by Crippen LogP contribution is -2.23. The molecule has 2 aromatic carbocycles. The molecule has 0 atom stereocenters. The number of carbonyl (C=O) groups is 1. The number of fused-ring (bicyclic) bond motifs is 1. The molecule has 0 aliphatic rings. The van der Waals surface area contributed by atoms with Gasteiger partial charge in [0.25, 0.3) is 5.69 Å². The van der Waals surface area contributed by atoms with E-state index in [0.717, 1.165) is 5.39 Å². The maximum Gasteiger partial charge on any atom is 0.280 e. The van der Waals surface area contributed by atoms with E-state index >= 15 is 0 Å². The lowest BCUT2D eigenvalue weighted by Gasteiger charge is -2.11. The van der Waals surface area contributed by atoms with Crippen molar-refractivity contribution in [2.24, 2.45) is 0 Å². The van der Waals surface area contributed by atoms with Gasteiger partial charge in [-0.3, -0.25) is 14.9 Å². The molecule has 0 aromatic heterocycles. The lowest BCUT2D eigenvalue weighted by atomic mass is 10.0. The van der Waals surface area contributed by atoms with Crippen LogP contribution in [0, 0.1) is 10.1 Å². The van der Waals surface area contributed by atoms with E-state index in [-0.39, 0.29) is 18.0 Å². The minimum atomic E-state index is -0.416. The van der Waals surface area contributed by atoms with Crippen LogP contribution >= 0.6 is 0 Å². The fourth-order valence-electron chi connectivity index (χ4n) is 1.98. The Labute approximate surface area is 110 Å². The molecule has 2 aromatic rings. The van der Waals surface area contributed by atoms with Crippen molar-refractivity contribution in [3.8, 4) is 0 Å². The van der Waals surface area contributed by atoms with Crippen LogP contribution in [-0.4, -0.2) is 29.8 Å². The van der Waals surface area contributed by atoms with Gasteiger partial charge in [-0.2, -0.15) is 0 Å². The van der Waals surface area contributed by atoms with Crippen LogP contribution in [0.2, 0.25) is 0 Å². The molecule has 0 bridgehead atoms. The van der Waals surface area contributed by atoms with E-state index in [0.29, 0.717) is 10.9 Å². The van der Waals surface area contributed by atoms with E-state index in [1.54, 1.807) is 38.4 Å². The van der Waals surface area contributed by atoms with Crippen molar-refractivity contribution in [1.82, 2.24) is 4.90 Å². The normalized spacial score (nSPS) is 10.4. The second kappa shape index (κ2) is 5.06. The predicted octanol–water partition coefficient (Wildman–Crippen LogP) is 2.38. The summed E-state index contributed by atoms with van der Waals surface area (Å²) in [6.07, 6.45) is 0.0359. The Balaban J connectivity index is 2.58. The zero-order chi connectivity index (χ0) is 14.0. The van der Waals surface area contributed by atoms with Crippen molar-refractivity contribution in [2.45, 2.75) is 6.42 Å². The predicted molar refractivity (Wildman–Crippen MR) is 73.0 cm³/mol. The van der Waals surface area contributed by atoms with Crippen LogP contribution in [0.5, 0.6) is 0 Å². The molecule has 0 aliphatic carbocycles. The van der Waals surface area contributed by atoms with Crippen molar-refractivity contribution in [1.29, 1.82) is 0 Å². The van der Waals surface area contributed by atoms with Crippen LogP contribution in [0.3, 0.4) is 0 Å². The number of likely N-dealkylation sites (N-methyl/N-ethyl adjacent to an activating group) is 1. The zero-order valence-corrected chi connectivity index (χ0v) is 10.8. The lowest BCUT2D eigenvalue weighted by molar-refractivity contribution is -0.383. The van der Waals surface area contributed by atoms with Gasteiger partial charge in [0.1, 0.15) is 0 Å². The van der Waals surface area contributed by atoms with Gasteiger partial charge in [0.2, 0.25) is 5.91 Å². The molecule has 1 amide bonds. The molecular formula is C14H14N2O3. The Kier molecular flexibility index (Phi) is 3.46. The standard InChI is InChI=1S/C14H14N2O3/c1-15(2)13(17)9-11-8-7-10-5-3-4-6-12(10)14(11)16(18)19/h3-8H,9H2,1-2H3. The molecule has 0 aliphatic heterocycles. The number of hydrogen-bond donors (Lipinski definition) is 0. The van der Waals surface area contributed by atoms with Crippen LogP contribution in [0.25, 0.3) is 10.8 Å². The van der Waals surface area contributed by atoms with Gasteiger partial charge in [-0.05, 0) is 11.5 Å². The van der Waals surface area contributed by atoms with Gasteiger partial charge in [0, 0.05) is 19.7 Å². The third-order valence-electron chi connectivity index (χ3n) is 3.01. The van der Waals surface area contributed by atoms with Crippen molar-refractivity contribution >= 4 is 22.4 Å². The first kappa shape index (κ1) is 13.0. The summed E-state index contributed by atoms with van der Waals surface area (Å²) in [6.45, 7) is 0. The highest BCUT2D eigenvalue weighted by molar-refractivity contribution is 5.94. The third kappa shape index (κ3) is 2.54. The second-order valence-corrected chi connectivity index (χ2v) is 4.52. The summed E-state index contributed by atoms with van der Waals surface area (Å²) in [7, 11) is 3.27. The Hall–Kier alpha value is -2.43. The molecule has 19 heavy (non-hydrogen) atoms. The first-order valence-corrected chi connectivity index (χ1v) is 5.86. The number of benzene rings is 2.